The molecule has 1 heterocycles. The molecular formula is C17H21NO3. The molecule has 1 aromatic rings. The lowest BCUT2D eigenvalue weighted by atomic mass is 10.0. The van der Waals surface area contributed by atoms with Crippen LogP contribution in [0.25, 0.3) is 0 Å². The number of methoxy groups -OCH3 is 1. The van der Waals surface area contributed by atoms with E-state index in [1.807, 2.05) is 12.1 Å². The molecule has 2 aliphatic rings. The van der Waals surface area contributed by atoms with Gasteiger partial charge in [-0.05, 0) is 48.4 Å². The molecule has 0 fully saturated rings. The molecule has 0 saturated carbocycles. The van der Waals surface area contributed by atoms with Crippen LogP contribution >= 0.6 is 0 Å². The molecule has 4 nitrogen and oxygen atoms in total. The van der Waals surface area contributed by atoms with Crippen molar-refractivity contribution in [3.63, 3.8) is 0 Å². The Balaban J connectivity index is 1.61. The van der Waals surface area contributed by atoms with Gasteiger partial charge in [-0.15, -0.1) is 0 Å². The Bertz CT molecular complexity index is 579. The number of carboxylic acids is 1. The molecule has 0 saturated heterocycles. The van der Waals surface area contributed by atoms with Gasteiger partial charge < -0.3 is 9.84 Å². The van der Waals surface area contributed by atoms with E-state index in [-0.39, 0.29) is 0 Å². The first-order chi connectivity index (χ1) is 10.2. The number of fused-ring (bicyclic) bond motifs is 1. The number of hydrogen-bond donors (Lipinski definition) is 1. The molecule has 4 heteroatoms. The first-order valence-electron chi connectivity index (χ1n) is 7.46. The van der Waals surface area contributed by atoms with Crippen LogP contribution in [0.1, 0.15) is 17.5 Å². The second kappa shape index (κ2) is 5.90. The van der Waals surface area contributed by atoms with Crippen LogP contribution in [0.3, 0.4) is 0 Å². The van der Waals surface area contributed by atoms with Gasteiger partial charge in [-0.1, -0.05) is 12.1 Å². The van der Waals surface area contributed by atoms with Crippen LogP contribution in [0.15, 0.2) is 29.8 Å². The molecule has 0 radical (unpaired) electrons. The van der Waals surface area contributed by atoms with Crippen molar-refractivity contribution in [2.24, 2.45) is 5.92 Å². The minimum Gasteiger partial charge on any atom is -0.497 e. The van der Waals surface area contributed by atoms with Gasteiger partial charge in [0.1, 0.15) is 5.75 Å². The summed E-state index contributed by atoms with van der Waals surface area (Å²) in [4.78, 5) is 13.4. The third-order valence-electron chi connectivity index (χ3n) is 4.45. The Morgan fingerprint density at radius 1 is 1.38 bits per heavy atom. The third-order valence-corrected chi connectivity index (χ3v) is 4.45. The molecule has 0 amide bonds. The van der Waals surface area contributed by atoms with Crippen molar-refractivity contribution in [1.29, 1.82) is 0 Å². The number of rotatable bonds is 4. The van der Waals surface area contributed by atoms with Gasteiger partial charge in [-0.25, -0.2) is 4.79 Å². The van der Waals surface area contributed by atoms with E-state index in [2.05, 4.69) is 17.0 Å². The normalized spacial score (nSPS) is 21.8. The Morgan fingerprint density at radius 3 is 2.95 bits per heavy atom. The number of aliphatic carboxylic acids is 1. The molecule has 112 valence electrons. The van der Waals surface area contributed by atoms with Gasteiger partial charge in [-0.2, -0.15) is 0 Å². The lowest BCUT2D eigenvalue weighted by molar-refractivity contribution is -0.133. The fraction of sp³-hybridized carbons (Fsp3) is 0.471. The lowest BCUT2D eigenvalue weighted by Gasteiger charge is -2.28. The van der Waals surface area contributed by atoms with Crippen LogP contribution in [-0.2, 0) is 17.6 Å². The van der Waals surface area contributed by atoms with E-state index in [0.29, 0.717) is 18.0 Å². The Kier molecular flexibility index (Phi) is 3.97. The highest BCUT2D eigenvalue weighted by Crippen LogP contribution is 2.30. The zero-order valence-electron chi connectivity index (χ0n) is 12.3. The smallest absolute Gasteiger partial charge is 0.332 e. The van der Waals surface area contributed by atoms with Crippen LogP contribution in [0.2, 0.25) is 0 Å². The maximum absolute atomic E-state index is 11.1. The standard InChI is InChI=1S/C17H21NO3/c1-21-16-5-4-13-7-12(8-15(13)9-16)10-18-6-2-3-14(11-18)17(19)20/h3-5,9,12H,2,6-8,10-11H2,1H3,(H,19,20). The van der Waals surface area contributed by atoms with Crippen molar-refractivity contribution in [3.05, 3.63) is 41.0 Å². The molecule has 1 aliphatic carbocycles. The van der Waals surface area contributed by atoms with E-state index < -0.39 is 5.97 Å². The maximum Gasteiger partial charge on any atom is 0.332 e. The summed E-state index contributed by atoms with van der Waals surface area (Å²) >= 11 is 0. The average molecular weight is 287 g/mol. The summed E-state index contributed by atoms with van der Waals surface area (Å²) in [6.45, 7) is 2.51. The summed E-state index contributed by atoms with van der Waals surface area (Å²) in [5.74, 6) is 0.725. The average Bonchev–Trinajstić information content (AvgIpc) is 2.88. The Morgan fingerprint density at radius 2 is 2.19 bits per heavy atom. The van der Waals surface area contributed by atoms with Gasteiger partial charge in [0.15, 0.2) is 0 Å². The Hall–Kier alpha value is -1.81. The number of carbonyl (C=O) groups is 1. The molecule has 0 aromatic heterocycles. The van der Waals surface area contributed by atoms with Gasteiger partial charge in [0.2, 0.25) is 0 Å². The summed E-state index contributed by atoms with van der Waals surface area (Å²) in [6, 6.07) is 6.31. The predicted molar refractivity (Wildman–Crippen MR) is 80.7 cm³/mol. The molecule has 0 spiro atoms. The maximum atomic E-state index is 11.1. The second-order valence-corrected chi connectivity index (χ2v) is 5.97. The highest BCUT2D eigenvalue weighted by atomic mass is 16.5. The largest absolute Gasteiger partial charge is 0.497 e. The van der Waals surface area contributed by atoms with E-state index in [4.69, 9.17) is 9.84 Å². The minimum absolute atomic E-state index is 0.540. The molecule has 1 unspecified atom stereocenters. The zero-order valence-corrected chi connectivity index (χ0v) is 12.3. The molecule has 1 aliphatic heterocycles. The fourth-order valence-electron chi connectivity index (χ4n) is 3.42. The molecule has 0 bridgehead atoms. The summed E-state index contributed by atoms with van der Waals surface area (Å²) in [6.07, 6.45) is 4.85. The van der Waals surface area contributed by atoms with E-state index in [9.17, 15) is 4.79 Å². The molecule has 1 atom stereocenters. The topological polar surface area (TPSA) is 49.8 Å². The quantitative estimate of drug-likeness (QED) is 0.921. The Labute approximate surface area is 125 Å². The zero-order chi connectivity index (χ0) is 14.8. The first-order valence-corrected chi connectivity index (χ1v) is 7.46. The van der Waals surface area contributed by atoms with Crippen molar-refractivity contribution in [1.82, 2.24) is 4.90 Å². The molecule has 1 aromatic carbocycles. The number of carboxylic acid groups (broad SMARTS) is 1. The van der Waals surface area contributed by atoms with Gasteiger partial charge in [0.25, 0.3) is 0 Å². The highest BCUT2D eigenvalue weighted by Gasteiger charge is 2.26. The van der Waals surface area contributed by atoms with E-state index >= 15 is 0 Å². The van der Waals surface area contributed by atoms with Crippen LogP contribution in [0.4, 0.5) is 0 Å². The molecule has 21 heavy (non-hydrogen) atoms. The molecular weight excluding hydrogens is 266 g/mol. The highest BCUT2D eigenvalue weighted by molar-refractivity contribution is 5.87. The van der Waals surface area contributed by atoms with Crippen molar-refractivity contribution in [3.8, 4) is 5.75 Å². The fourth-order valence-corrected chi connectivity index (χ4v) is 3.42. The number of hydrogen-bond acceptors (Lipinski definition) is 3. The number of ether oxygens (including phenoxy) is 1. The lowest BCUT2D eigenvalue weighted by Crippen LogP contribution is -2.36. The van der Waals surface area contributed by atoms with Crippen molar-refractivity contribution < 1.29 is 14.6 Å². The summed E-state index contributed by atoms with van der Waals surface area (Å²) in [5, 5.41) is 9.11. The number of benzene rings is 1. The van der Waals surface area contributed by atoms with E-state index in [1.54, 1.807) is 7.11 Å². The van der Waals surface area contributed by atoms with Gasteiger partial charge in [0, 0.05) is 25.2 Å². The van der Waals surface area contributed by atoms with E-state index in [0.717, 1.165) is 38.1 Å². The van der Waals surface area contributed by atoms with Crippen LogP contribution in [0.5, 0.6) is 5.75 Å². The van der Waals surface area contributed by atoms with Crippen molar-refractivity contribution in [2.45, 2.75) is 19.3 Å². The van der Waals surface area contributed by atoms with Gasteiger partial charge in [0.05, 0.1) is 7.11 Å². The van der Waals surface area contributed by atoms with Gasteiger partial charge >= 0.3 is 5.97 Å². The first kappa shape index (κ1) is 14.1. The summed E-state index contributed by atoms with van der Waals surface area (Å²) < 4.78 is 5.28. The second-order valence-electron chi connectivity index (χ2n) is 5.97. The number of nitrogens with zero attached hydrogens (tertiary/aromatic N) is 1. The molecule has 3 rings (SSSR count). The van der Waals surface area contributed by atoms with Gasteiger partial charge in [-0.3, -0.25) is 4.90 Å². The summed E-state index contributed by atoms with van der Waals surface area (Å²) in [5.41, 5.74) is 3.33. The third kappa shape index (κ3) is 3.10. The van der Waals surface area contributed by atoms with Crippen molar-refractivity contribution >= 4 is 5.97 Å². The monoisotopic (exact) mass is 287 g/mol. The van der Waals surface area contributed by atoms with Crippen LogP contribution in [-0.4, -0.2) is 42.7 Å². The van der Waals surface area contributed by atoms with E-state index in [1.165, 1.54) is 11.1 Å². The SMILES string of the molecule is COc1ccc2c(c1)CC(CN1CCC=C(C(=O)O)C1)C2. The minimum atomic E-state index is -0.779. The summed E-state index contributed by atoms with van der Waals surface area (Å²) in [7, 11) is 1.70. The van der Waals surface area contributed by atoms with Crippen molar-refractivity contribution in [2.75, 3.05) is 26.7 Å². The van der Waals surface area contributed by atoms with Crippen LogP contribution in [0, 0.1) is 5.92 Å². The molecule has 1 N–H and O–H groups in total. The predicted octanol–water partition coefficient (Wildman–Crippen LogP) is 2.13. The van der Waals surface area contributed by atoms with Crippen LogP contribution < -0.4 is 4.74 Å².